The van der Waals surface area contributed by atoms with E-state index in [1.165, 1.54) is 96.6 Å². The molecule has 2 heteroatoms. The number of fused-ring (bicyclic) bond motifs is 10. The second-order valence-electron chi connectivity index (χ2n) is 13.2. The second kappa shape index (κ2) is 10.6. The number of para-hydroxylation sites is 1. The van der Waals surface area contributed by atoms with Crippen LogP contribution in [-0.4, -0.2) is 0 Å². The lowest BCUT2D eigenvalue weighted by Gasteiger charge is -2.18. The van der Waals surface area contributed by atoms with Crippen LogP contribution in [0.1, 0.15) is 0 Å². The molecule has 0 bridgehead atoms. The molecule has 0 saturated heterocycles. The highest BCUT2D eigenvalue weighted by Gasteiger charge is 2.19. The van der Waals surface area contributed by atoms with Gasteiger partial charge in [-0.05, 0) is 90.0 Å². The van der Waals surface area contributed by atoms with Gasteiger partial charge in [-0.15, -0.1) is 11.3 Å². The molecule has 0 radical (unpaired) electrons. The van der Waals surface area contributed by atoms with Gasteiger partial charge in [0.25, 0.3) is 0 Å². The van der Waals surface area contributed by atoms with Gasteiger partial charge in [-0.3, -0.25) is 0 Å². The molecule has 0 fully saturated rings. The molecule has 0 atom stereocenters. The average Bonchev–Trinajstić information content (AvgIpc) is 3.73. The van der Waals surface area contributed by atoms with Gasteiger partial charge in [-0.2, -0.15) is 0 Å². The van der Waals surface area contributed by atoms with E-state index in [2.05, 4.69) is 164 Å². The number of furan rings is 1. The molecule has 0 saturated carbocycles. The zero-order valence-corrected chi connectivity index (χ0v) is 27.8. The molecule has 0 N–H and O–H groups in total. The molecule has 232 valence electrons. The molecular weight excluding hydrogens is 625 g/mol. The van der Waals surface area contributed by atoms with Crippen LogP contribution in [0.3, 0.4) is 0 Å². The van der Waals surface area contributed by atoms with Crippen molar-refractivity contribution in [3.8, 4) is 33.4 Å². The summed E-state index contributed by atoms with van der Waals surface area (Å²) in [5, 5.41) is 12.6. The molecule has 2 aromatic heterocycles. The minimum Gasteiger partial charge on any atom is -0.456 e. The van der Waals surface area contributed by atoms with Gasteiger partial charge in [0.05, 0.1) is 0 Å². The SMILES string of the molecule is c1ccc(-c2c3ccccc3c(-c3ccc(-c4cc5sc6cc7oc8ccccc8c7cc6c5c5ccccc45)cc3)c3ccccc23)cc1. The van der Waals surface area contributed by atoms with Crippen molar-refractivity contribution in [1.29, 1.82) is 0 Å². The Bertz CT molecular complexity index is 3070. The molecule has 0 unspecified atom stereocenters. The summed E-state index contributed by atoms with van der Waals surface area (Å²) in [6, 6.07) is 62.0. The molecular formula is C48H28OS. The number of hydrogen-bond acceptors (Lipinski definition) is 2. The Hall–Kier alpha value is -6.22. The Morgan fingerprint density at radius 3 is 1.50 bits per heavy atom. The molecule has 0 spiro atoms. The Morgan fingerprint density at radius 2 is 0.840 bits per heavy atom. The quantitative estimate of drug-likeness (QED) is 0.173. The third-order valence-electron chi connectivity index (χ3n) is 10.5. The van der Waals surface area contributed by atoms with Crippen LogP contribution in [0, 0.1) is 0 Å². The van der Waals surface area contributed by atoms with E-state index in [0.29, 0.717) is 0 Å². The summed E-state index contributed by atoms with van der Waals surface area (Å²) in [7, 11) is 0. The fourth-order valence-electron chi connectivity index (χ4n) is 8.27. The monoisotopic (exact) mass is 652 g/mol. The molecule has 0 amide bonds. The molecule has 1 nitrogen and oxygen atoms in total. The lowest BCUT2D eigenvalue weighted by molar-refractivity contribution is 0.669. The van der Waals surface area contributed by atoms with E-state index < -0.39 is 0 Å². The highest BCUT2D eigenvalue weighted by molar-refractivity contribution is 7.26. The predicted molar refractivity (Wildman–Crippen MR) is 215 cm³/mol. The van der Waals surface area contributed by atoms with Crippen LogP contribution >= 0.6 is 11.3 Å². The highest BCUT2D eigenvalue weighted by Crippen LogP contribution is 2.47. The summed E-state index contributed by atoms with van der Waals surface area (Å²) in [5.41, 5.74) is 9.41. The molecule has 11 aromatic rings. The maximum absolute atomic E-state index is 6.27. The number of benzene rings is 9. The minimum absolute atomic E-state index is 0.938. The number of hydrogen-bond donors (Lipinski definition) is 0. The van der Waals surface area contributed by atoms with Crippen molar-refractivity contribution in [3.63, 3.8) is 0 Å². The van der Waals surface area contributed by atoms with Crippen molar-refractivity contribution < 1.29 is 4.42 Å². The maximum atomic E-state index is 6.27. The van der Waals surface area contributed by atoms with E-state index in [1.54, 1.807) is 0 Å². The van der Waals surface area contributed by atoms with E-state index in [9.17, 15) is 0 Å². The van der Waals surface area contributed by atoms with Crippen molar-refractivity contribution in [1.82, 2.24) is 0 Å². The van der Waals surface area contributed by atoms with E-state index in [-0.39, 0.29) is 0 Å². The lowest BCUT2D eigenvalue weighted by atomic mass is 9.85. The van der Waals surface area contributed by atoms with Gasteiger partial charge in [0.2, 0.25) is 0 Å². The zero-order chi connectivity index (χ0) is 32.8. The van der Waals surface area contributed by atoms with Gasteiger partial charge < -0.3 is 4.42 Å². The zero-order valence-electron chi connectivity index (χ0n) is 27.0. The average molecular weight is 653 g/mol. The van der Waals surface area contributed by atoms with Crippen LogP contribution in [0.25, 0.3) is 108 Å². The molecule has 50 heavy (non-hydrogen) atoms. The Kier molecular flexibility index (Phi) is 5.89. The summed E-state index contributed by atoms with van der Waals surface area (Å²) < 4.78 is 8.82. The number of thiophene rings is 1. The van der Waals surface area contributed by atoms with Crippen LogP contribution in [0.2, 0.25) is 0 Å². The maximum Gasteiger partial charge on any atom is 0.136 e. The highest BCUT2D eigenvalue weighted by atomic mass is 32.1. The molecule has 0 aliphatic carbocycles. The van der Waals surface area contributed by atoms with Crippen molar-refractivity contribution in [2.75, 3.05) is 0 Å². The van der Waals surface area contributed by atoms with Crippen LogP contribution in [0.15, 0.2) is 174 Å². The summed E-state index contributed by atoms with van der Waals surface area (Å²) in [6.07, 6.45) is 0. The van der Waals surface area contributed by atoms with Crippen molar-refractivity contribution >= 4 is 85.8 Å². The normalized spacial score (nSPS) is 12.0. The van der Waals surface area contributed by atoms with Crippen molar-refractivity contribution in [2.45, 2.75) is 0 Å². The van der Waals surface area contributed by atoms with E-state index in [4.69, 9.17) is 4.42 Å². The predicted octanol–water partition coefficient (Wildman–Crippen LogP) is 14.4. The van der Waals surface area contributed by atoms with Gasteiger partial charge in [0.1, 0.15) is 11.2 Å². The summed E-state index contributed by atoms with van der Waals surface area (Å²) >= 11 is 1.85. The number of rotatable bonds is 3. The van der Waals surface area contributed by atoms with E-state index >= 15 is 0 Å². The third kappa shape index (κ3) is 4.00. The summed E-state index contributed by atoms with van der Waals surface area (Å²) in [5.74, 6) is 0. The first kappa shape index (κ1) is 27.7. The van der Waals surface area contributed by atoms with Crippen LogP contribution < -0.4 is 0 Å². The fraction of sp³-hybridized carbons (Fsp3) is 0. The molecule has 2 heterocycles. The first-order chi connectivity index (χ1) is 24.8. The van der Waals surface area contributed by atoms with Gasteiger partial charge in [0, 0.05) is 30.9 Å². The third-order valence-corrected chi connectivity index (χ3v) is 11.6. The Morgan fingerprint density at radius 1 is 0.320 bits per heavy atom. The Labute approximate surface area is 292 Å². The lowest BCUT2D eigenvalue weighted by Crippen LogP contribution is -1.91. The first-order valence-corrected chi connectivity index (χ1v) is 17.9. The van der Waals surface area contributed by atoms with Gasteiger partial charge in [-0.25, -0.2) is 0 Å². The summed E-state index contributed by atoms with van der Waals surface area (Å²) in [6.45, 7) is 0. The second-order valence-corrected chi connectivity index (χ2v) is 14.3. The molecule has 11 rings (SSSR count). The molecule has 9 aromatic carbocycles. The molecule has 0 aliphatic heterocycles. The van der Waals surface area contributed by atoms with Gasteiger partial charge in [-0.1, -0.05) is 146 Å². The van der Waals surface area contributed by atoms with Gasteiger partial charge >= 0.3 is 0 Å². The first-order valence-electron chi connectivity index (χ1n) is 17.1. The van der Waals surface area contributed by atoms with Gasteiger partial charge in [0.15, 0.2) is 0 Å². The molecule has 0 aliphatic rings. The van der Waals surface area contributed by atoms with Crippen molar-refractivity contribution in [2.24, 2.45) is 0 Å². The minimum atomic E-state index is 0.938. The van der Waals surface area contributed by atoms with E-state index in [1.807, 2.05) is 17.4 Å². The largest absolute Gasteiger partial charge is 0.456 e. The Balaban J connectivity index is 1.11. The van der Waals surface area contributed by atoms with Crippen LogP contribution in [0.5, 0.6) is 0 Å². The smallest absolute Gasteiger partial charge is 0.136 e. The topological polar surface area (TPSA) is 13.1 Å². The van der Waals surface area contributed by atoms with Crippen molar-refractivity contribution in [3.05, 3.63) is 170 Å². The summed E-state index contributed by atoms with van der Waals surface area (Å²) in [4.78, 5) is 0. The standard InChI is InChI=1S/C48H28OS/c1-2-12-30(13-3-1)46-35-17-6-8-19-37(35)47(38-20-9-7-18-36(38)46)31-24-22-29(23-25-31)39-27-45-48(34-16-5-4-14-32(34)39)41-26-40-33-15-10-11-21-42(33)49-43(40)28-44(41)50-45/h1-28H. The fourth-order valence-corrected chi connectivity index (χ4v) is 9.44. The van der Waals surface area contributed by atoms with Crippen LogP contribution in [-0.2, 0) is 0 Å². The van der Waals surface area contributed by atoms with E-state index in [0.717, 1.165) is 11.2 Å². The van der Waals surface area contributed by atoms with Crippen LogP contribution in [0.4, 0.5) is 0 Å².